The molecule has 6 nitrogen and oxygen atoms in total. The molecule has 0 unspecified atom stereocenters. The van der Waals surface area contributed by atoms with Crippen molar-refractivity contribution in [3.63, 3.8) is 0 Å². The van der Waals surface area contributed by atoms with Crippen molar-refractivity contribution in [2.75, 3.05) is 13.2 Å². The van der Waals surface area contributed by atoms with Crippen LogP contribution in [0, 0.1) is 0 Å². The Balaban J connectivity index is 4.43. The molecule has 0 spiro atoms. The Hall–Kier alpha value is -2.63. The summed E-state index contributed by atoms with van der Waals surface area (Å²) in [6, 6.07) is 0. The number of esters is 3. The summed E-state index contributed by atoms with van der Waals surface area (Å²) in [5.74, 6) is -0.939. The topological polar surface area (TPSA) is 78.9 Å². The van der Waals surface area contributed by atoms with Crippen LogP contribution in [-0.4, -0.2) is 37.2 Å². The zero-order valence-electron chi connectivity index (χ0n) is 44.7. The van der Waals surface area contributed by atoms with E-state index in [0.717, 1.165) is 64.2 Å². The molecule has 0 N–H and O–H groups in total. The average molecular weight is 940 g/mol. The molecule has 0 radical (unpaired) electrons. The maximum absolute atomic E-state index is 12.8. The number of allylic oxidation sites excluding steroid dienone is 8. The van der Waals surface area contributed by atoms with E-state index in [2.05, 4.69) is 69.4 Å². The molecule has 0 fully saturated rings. The standard InChI is InChI=1S/C61H110O6/c1-4-7-10-13-16-19-22-25-28-30-33-36-39-42-45-48-51-54-60(63)66-57-58(56-65-59(62)53-50-47-44-41-38-35-32-27-24-21-18-15-12-9-6-3)67-61(64)55-52-49-46-43-40-37-34-31-29-26-23-20-17-14-11-8-5-2/h26-27,29,32,34,37,43,46,58H,4-25,28,30-31,33,35-36,38-42,44-45,47-57H2,1-3H3/b29-26-,32-27-,37-34-,46-43-/t58-/m1/s1. The number of ether oxygens (including phenoxy) is 3. The first kappa shape index (κ1) is 64.4. The first-order valence-electron chi connectivity index (χ1n) is 29.1. The molecular formula is C61H110O6. The van der Waals surface area contributed by atoms with Gasteiger partial charge in [0.15, 0.2) is 6.10 Å². The summed E-state index contributed by atoms with van der Waals surface area (Å²) < 4.78 is 16.8. The number of carbonyl (C=O) groups excluding carboxylic acids is 3. The van der Waals surface area contributed by atoms with Gasteiger partial charge in [0.05, 0.1) is 0 Å². The predicted molar refractivity (Wildman–Crippen MR) is 289 cm³/mol. The van der Waals surface area contributed by atoms with E-state index in [1.54, 1.807) is 0 Å². The van der Waals surface area contributed by atoms with Gasteiger partial charge in [-0.2, -0.15) is 0 Å². The molecule has 1 atom stereocenters. The van der Waals surface area contributed by atoms with Crippen LogP contribution in [0.5, 0.6) is 0 Å². The van der Waals surface area contributed by atoms with E-state index in [9.17, 15) is 14.4 Å². The van der Waals surface area contributed by atoms with Gasteiger partial charge in [0, 0.05) is 19.3 Å². The summed E-state index contributed by atoms with van der Waals surface area (Å²) in [6.07, 6.45) is 68.2. The summed E-state index contributed by atoms with van der Waals surface area (Å²) in [7, 11) is 0. The van der Waals surface area contributed by atoms with E-state index >= 15 is 0 Å². The minimum atomic E-state index is -0.800. The normalized spacial score (nSPS) is 12.3. The third-order valence-corrected chi connectivity index (χ3v) is 12.8. The third-order valence-electron chi connectivity index (χ3n) is 12.8. The van der Waals surface area contributed by atoms with E-state index in [1.165, 1.54) is 193 Å². The fourth-order valence-corrected chi connectivity index (χ4v) is 8.40. The van der Waals surface area contributed by atoms with Gasteiger partial charge in [-0.3, -0.25) is 14.4 Å². The Bertz CT molecular complexity index is 1170. The van der Waals surface area contributed by atoms with Crippen molar-refractivity contribution >= 4 is 17.9 Å². The molecule has 390 valence electrons. The highest BCUT2D eigenvalue weighted by molar-refractivity contribution is 5.71. The van der Waals surface area contributed by atoms with E-state index < -0.39 is 6.10 Å². The molecule has 0 rings (SSSR count). The van der Waals surface area contributed by atoms with Crippen LogP contribution < -0.4 is 0 Å². The van der Waals surface area contributed by atoms with Crippen LogP contribution in [0.2, 0.25) is 0 Å². The lowest BCUT2D eigenvalue weighted by Gasteiger charge is -2.18. The van der Waals surface area contributed by atoms with Crippen molar-refractivity contribution in [2.24, 2.45) is 0 Å². The lowest BCUT2D eigenvalue weighted by Crippen LogP contribution is -2.30. The smallest absolute Gasteiger partial charge is 0.306 e. The van der Waals surface area contributed by atoms with Gasteiger partial charge in [0.25, 0.3) is 0 Å². The Labute approximate surface area is 416 Å². The van der Waals surface area contributed by atoms with E-state index in [4.69, 9.17) is 14.2 Å². The Morgan fingerprint density at radius 3 is 0.896 bits per heavy atom. The third kappa shape index (κ3) is 54.2. The number of rotatable bonds is 53. The maximum atomic E-state index is 12.8. The first-order chi connectivity index (χ1) is 33.0. The van der Waals surface area contributed by atoms with Crippen molar-refractivity contribution < 1.29 is 28.6 Å². The molecule has 0 saturated carbocycles. The molecule has 0 aliphatic rings. The Kier molecular flexibility index (Phi) is 53.8. The van der Waals surface area contributed by atoms with Crippen molar-refractivity contribution in [1.82, 2.24) is 0 Å². The quantitative estimate of drug-likeness (QED) is 0.0262. The molecule has 0 aromatic rings. The Morgan fingerprint density at radius 1 is 0.299 bits per heavy atom. The van der Waals surface area contributed by atoms with Crippen molar-refractivity contribution in [3.05, 3.63) is 48.6 Å². The Morgan fingerprint density at radius 2 is 0.552 bits per heavy atom. The summed E-state index contributed by atoms with van der Waals surface area (Å²) >= 11 is 0. The SMILES string of the molecule is CCCCCCCC/C=C\C/C=C\C/C=C\CCCC(=O)O[C@H](COC(=O)CCCCCCC/C=C\CCCCCCCC)COC(=O)CCCCCCCCCCCCCCCCCCC. The van der Waals surface area contributed by atoms with Crippen molar-refractivity contribution in [3.8, 4) is 0 Å². The molecule has 0 heterocycles. The molecule has 0 aromatic heterocycles. The fraction of sp³-hybridized carbons (Fsp3) is 0.820. The maximum Gasteiger partial charge on any atom is 0.306 e. The molecule has 0 amide bonds. The van der Waals surface area contributed by atoms with Gasteiger partial charge in [0.1, 0.15) is 13.2 Å². The van der Waals surface area contributed by atoms with Crippen LogP contribution >= 0.6 is 0 Å². The second-order valence-corrected chi connectivity index (χ2v) is 19.6. The van der Waals surface area contributed by atoms with Crippen LogP contribution in [0.3, 0.4) is 0 Å². The van der Waals surface area contributed by atoms with Gasteiger partial charge in [0.2, 0.25) is 0 Å². The summed E-state index contributed by atoms with van der Waals surface area (Å²) in [5, 5.41) is 0. The van der Waals surface area contributed by atoms with Crippen LogP contribution in [0.25, 0.3) is 0 Å². The van der Waals surface area contributed by atoms with Crippen LogP contribution in [0.4, 0.5) is 0 Å². The molecule has 0 saturated heterocycles. The minimum absolute atomic E-state index is 0.0926. The number of unbranched alkanes of at least 4 members (excludes halogenated alkanes) is 34. The fourth-order valence-electron chi connectivity index (χ4n) is 8.40. The predicted octanol–water partition coefficient (Wildman–Crippen LogP) is 19.4. The van der Waals surface area contributed by atoms with Crippen LogP contribution in [0.15, 0.2) is 48.6 Å². The van der Waals surface area contributed by atoms with Crippen LogP contribution in [0.1, 0.15) is 303 Å². The number of hydrogen-bond donors (Lipinski definition) is 0. The zero-order chi connectivity index (χ0) is 48.6. The van der Waals surface area contributed by atoms with Gasteiger partial charge < -0.3 is 14.2 Å². The summed E-state index contributed by atoms with van der Waals surface area (Å²) in [5.41, 5.74) is 0. The highest BCUT2D eigenvalue weighted by Gasteiger charge is 2.19. The molecule has 0 aliphatic heterocycles. The van der Waals surface area contributed by atoms with Gasteiger partial charge in [-0.05, 0) is 77.0 Å². The van der Waals surface area contributed by atoms with Crippen molar-refractivity contribution in [1.29, 1.82) is 0 Å². The molecule has 0 bridgehead atoms. The average Bonchev–Trinajstić information content (AvgIpc) is 3.33. The van der Waals surface area contributed by atoms with Crippen molar-refractivity contribution in [2.45, 2.75) is 309 Å². The van der Waals surface area contributed by atoms with E-state index in [-0.39, 0.29) is 37.5 Å². The molecular weight excluding hydrogens is 829 g/mol. The van der Waals surface area contributed by atoms with Gasteiger partial charge in [-0.1, -0.05) is 256 Å². The molecule has 0 aromatic carbocycles. The summed E-state index contributed by atoms with van der Waals surface area (Å²) in [4.78, 5) is 38.1. The minimum Gasteiger partial charge on any atom is -0.462 e. The van der Waals surface area contributed by atoms with Crippen LogP contribution in [-0.2, 0) is 28.6 Å². The second kappa shape index (κ2) is 56.0. The lowest BCUT2D eigenvalue weighted by atomic mass is 10.0. The zero-order valence-corrected chi connectivity index (χ0v) is 44.7. The molecule has 0 aliphatic carbocycles. The number of hydrogen-bond acceptors (Lipinski definition) is 6. The molecule has 67 heavy (non-hydrogen) atoms. The number of carbonyl (C=O) groups is 3. The van der Waals surface area contributed by atoms with E-state index in [0.29, 0.717) is 19.3 Å². The summed E-state index contributed by atoms with van der Waals surface area (Å²) in [6.45, 7) is 6.62. The van der Waals surface area contributed by atoms with Gasteiger partial charge in [-0.15, -0.1) is 0 Å². The molecule has 6 heteroatoms. The highest BCUT2D eigenvalue weighted by atomic mass is 16.6. The highest BCUT2D eigenvalue weighted by Crippen LogP contribution is 2.16. The lowest BCUT2D eigenvalue weighted by molar-refractivity contribution is -0.167. The first-order valence-corrected chi connectivity index (χ1v) is 29.1. The second-order valence-electron chi connectivity index (χ2n) is 19.6. The van der Waals surface area contributed by atoms with Gasteiger partial charge in [-0.25, -0.2) is 0 Å². The van der Waals surface area contributed by atoms with Gasteiger partial charge >= 0.3 is 17.9 Å². The largest absolute Gasteiger partial charge is 0.462 e. The van der Waals surface area contributed by atoms with E-state index in [1.807, 2.05) is 0 Å². The monoisotopic (exact) mass is 939 g/mol.